The second kappa shape index (κ2) is 6.26. The van der Waals surface area contributed by atoms with Gasteiger partial charge in [0, 0.05) is 0 Å². The minimum atomic E-state index is -0.695. The van der Waals surface area contributed by atoms with Crippen LogP contribution in [0.3, 0.4) is 0 Å². The Balaban J connectivity index is 2.36. The molecule has 0 fully saturated rings. The van der Waals surface area contributed by atoms with Crippen molar-refractivity contribution >= 4 is 5.97 Å². The van der Waals surface area contributed by atoms with Crippen LogP contribution in [0.1, 0.15) is 17.3 Å². The molecule has 0 aromatic heterocycles. The Morgan fingerprint density at radius 3 is 2.43 bits per heavy atom. The summed E-state index contributed by atoms with van der Waals surface area (Å²) in [7, 11) is 1.45. The lowest BCUT2D eigenvalue weighted by molar-refractivity contribution is 0.0521. The number of aromatic hydroxyl groups is 1. The molecule has 0 aliphatic heterocycles. The van der Waals surface area contributed by atoms with Crippen LogP contribution in [0.2, 0.25) is 0 Å². The number of hydrogen-bond acceptors (Lipinski definition) is 4. The van der Waals surface area contributed by atoms with E-state index in [9.17, 15) is 14.3 Å². The van der Waals surface area contributed by atoms with Crippen LogP contribution < -0.4 is 4.74 Å². The van der Waals surface area contributed by atoms with Gasteiger partial charge in [-0.25, -0.2) is 9.18 Å². The van der Waals surface area contributed by atoms with Crippen LogP contribution in [0.15, 0.2) is 36.4 Å². The predicted molar refractivity (Wildman–Crippen MR) is 76.0 cm³/mol. The summed E-state index contributed by atoms with van der Waals surface area (Å²) in [6.07, 6.45) is 0. The second-order valence-electron chi connectivity index (χ2n) is 4.30. The van der Waals surface area contributed by atoms with E-state index in [1.54, 1.807) is 25.1 Å². The van der Waals surface area contributed by atoms with Crippen molar-refractivity contribution in [1.82, 2.24) is 0 Å². The molecule has 1 N–H and O–H groups in total. The van der Waals surface area contributed by atoms with E-state index in [-0.39, 0.29) is 17.9 Å². The van der Waals surface area contributed by atoms with E-state index in [0.717, 1.165) is 0 Å². The molecular weight excluding hydrogens is 275 g/mol. The molecule has 0 spiro atoms. The lowest BCUT2D eigenvalue weighted by Crippen LogP contribution is -2.07. The smallest absolute Gasteiger partial charge is 0.341 e. The van der Waals surface area contributed by atoms with Gasteiger partial charge in [0.2, 0.25) is 0 Å². The van der Waals surface area contributed by atoms with Crippen LogP contribution in [0.5, 0.6) is 11.5 Å². The normalized spacial score (nSPS) is 10.2. The first-order valence-corrected chi connectivity index (χ1v) is 6.41. The van der Waals surface area contributed by atoms with Crippen molar-refractivity contribution in [2.24, 2.45) is 0 Å². The molecule has 0 radical (unpaired) electrons. The first kappa shape index (κ1) is 14.8. The van der Waals surface area contributed by atoms with Crippen molar-refractivity contribution in [2.45, 2.75) is 6.92 Å². The van der Waals surface area contributed by atoms with Crippen LogP contribution in [0, 0.1) is 5.82 Å². The Morgan fingerprint density at radius 2 is 1.86 bits per heavy atom. The van der Waals surface area contributed by atoms with E-state index < -0.39 is 11.8 Å². The summed E-state index contributed by atoms with van der Waals surface area (Å²) in [5.41, 5.74) is 1.04. The molecular formula is C16H15FO4. The van der Waals surface area contributed by atoms with Crippen LogP contribution in [-0.4, -0.2) is 24.8 Å². The molecule has 5 heteroatoms. The molecule has 0 unspecified atom stereocenters. The third kappa shape index (κ3) is 3.13. The molecule has 0 amide bonds. The third-order valence-electron chi connectivity index (χ3n) is 2.98. The van der Waals surface area contributed by atoms with Crippen molar-refractivity contribution in [1.29, 1.82) is 0 Å². The summed E-state index contributed by atoms with van der Waals surface area (Å²) in [5.74, 6) is -1.06. The fourth-order valence-electron chi connectivity index (χ4n) is 1.94. The zero-order chi connectivity index (χ0) is 15.4. The van der Waals surface area contributed by atoms with E-state index in [4.69, 9.17) is 9.47 Å². The molecule has 0 aliphatic carbocycles. The van der Waals surface area contributed by atoms with Gasteiger partial charge in [-0.15, -0.1) is 0 Å². The SMILES string of the molecule is CCOC(=O)c1ccc(-c2ccc(OC)c(O)c2)cc1F. The molecule has 2 aromatic rings. The predicted octanol–water partition coefficient (Wildman–Crippen LogP) is 3.38. The van der Waals surface area contributed by atoms with Crippen LogP contribution >= 0.6 is 0 Å². The zero-order valence-corrected chi connectivity index (χ0v) is 11.7. The maximum atomic E-state index is 14.0. The van der Waals surface area contributed by atoms with Crippen molar-refractivity contribution in [3.8, 4) is 22.6 Å². The molecule has 2 aromatic carbocycles. The molecule has 110 valence electrons. The molecule has 0 atom stereocenters. The lowest BCUT2D eigenvalue weighted by Gasteiger charge is -2.08. The minimum Gasteiger partial charge on any atom is -0.504 e. The monoisotopic (exact) mass is 290 g/mol. The number of rotatable bonds is 4. The average molecular weight is 290 g/mol. The maximum absolute atomic E-state index is 14.0. The average Bonchev–Trinajstić information content (AvgIpc) is 2.47. The van der Waals surface area contributed by atoms with E-state index in [0.29, 0.717) is 16.9 Å². The highest BCUT2D eigenvalue weighted by Gasteiger charge is 2.14. The number of halogens is 1. The van der Waals surface area contributed by atoms with Crippen molar-refractivity contribution in [2.75, 3.05) is 13.7 Å². The fraction of sp³-hybridized carbons (Fsp3) is 0.188. The number of benzene rings is 2. The Hall–Kier alpha value is -2.56. The molecule has 4 nitrogen and oxygen atoms in total. The standard InChI is InChI=1S/C16H15FO4/c1-3-21-16(19)12-6-4-10(8-13(12)17)11-5-7-15(20-2)14(18)9-11/h4-9,18H,3H2,1-2H3. The molecule has 0 bridgehead atoms. The molecule has 0 saturated carbocycles. The highest BCUT2D eigenvalue weighted by Crippen LogP contribution is 2.31. The highest BCUT2D eigenvalue weighted by molar-refractivity contribution is 5.90. The molecule has 21 heavy (non-hydrogen) atoms. The maximum Gasteiger partial charge on any atom is 0.341 e. The topological polar surface area (TPSA) is 55.8 Å². The van der Waals surface area contributed by atoms with Gasteiger partial charge in [0.05, 0.1) is 19.3 Å². The van der Waals surface area contributed by atoms with Crippen molar-refractivity contribution in [3.63, 3.8) is 0 Å². The number of ether oxygens (including phenoxy) is 2. The number of carbonyl (C=O) groups excluding carboxylic acids is 1. The largest absolute Gasteiger partial charge is 0.504 e. The lowest BCUT2D eigenvalue weighted by atomic mass is 10.0. The second-order valence-corrected chi connectivity index (χ2v) is 4.30. The minimum absolute atomic E-state index is 0.0372. The van der Waals surface area contributed by atoms with Crippen LogP contribution in [0.4, 0.5) is 4.39 Å². The van der Waals surface area contributed by atoms with E-state index >= 15 is 0 Å². The van der Waals surface area contributed by atoms with Gasteiger partial charge in [0.1, 0.15) is 5.82 Å². The van der Waals surface area contributed by atoms with Gasteiger partial charge in [0.15, 0.2) is 11.5 Å². The quantitative estimate of drug-likeness (QED) is 0.877. The Kier molecular flexibility index (Phi) is 4.42. The Morgan fingerprint density at radius 1 is 1.19 bits per heavy atom. The van der Waals surface area contributed by atoms with Crippen LogP contribution in [-0.2, 0) is 4.74 Å². The fourth-order valence-corrected chi connectivity index (χ4v) is 1.94. The van der Waals surface area contributed by atoms with Crippen LogP contribution in [0.25, 0.3) is 11.1 Å². The number of phenols is 1. The van der Waals surface area contributed by atoms with E-state index in [1.165, 1.54) is 25.3 Å². The zero-order valence-electron chi connectivity index (χ0n) is 11.7. The van der Waals surface area contributed by atoms with Gasteiger partial charge in [-0.1, -0.05) is 12.1 Å². The first-order chi connectivity index (χ1) is 10.1. The van der Waals surface area contributed by atoms with E-state index in [2.05, 4.69) is 0 Å². The summed E-state index contributed by atoms with van der Waals surface area (Å²) < 4.78 is 23.7. The van der Waals surface area contributed by atoms with Crippen molar-refractivity contribution < 1.29 is 23.8 Å². The Bertz CT molecular complexity index is 667. The number of esters is 1. The van der Waals surface area contributed by atoms with Gasteiger partial charge in [-0.3, -0.25) is 0 Å². The molecule has 0 saturated heterocycles. The number of carbonyl (C=O) groups is 1. The summed E-state index contributed by atoms with van der Waals surface area (Å²) in [4.78, 5) is 11.5. The first-order valence-electron chi connectivity index (χ1n) is 6.41. The summed E-state index contributed by atoms with van der Waals surface area (Å²) in [6, 6.07) is 8.94. The molecule has 0 aliphatic rings. The van der Waals surface area contributed by atoms with Crippen molar-refractivity contribution in [3.05, 3.63) is 47.8 Å². The Labute approximate surface area is 121 Å². The third-order valence-corrected chi connectivity index (χ3v) is 2.98. The van der Waals surface area contributed by atoms with Gasteiger partial charge >= 0.3 is 5.97 Å². The summed E-state index contributed by atoms with van der Waals surface area (Å²) in [6.45, 7) is 1.84. The van der Waals surface area contributed by atoms with Gasteiger partial charge in [-0.2, -0.15) is 0 Å². The molecule has 2 rings (SSSR count). The van der Waals surface area contributed by atoms with Gasteiger partial charge < -0.3 is 14.6 Å². The number of hydrogen-bond donors (Lipinski definition) is 1. The summed E-state index contributed by atoms with van der Waals surface area (Å²) in [5, 5.41) is 9.74. The van der Waals surface area contributed by atoms with Gasteiger partial charge in [0.25, 0.3) is 0 Å². The van der Waals surface area contributed by atoms with Gasteiger partial charge in [-0.05, 0) is 42.3 Å². The molecule has 0 heterocycles. The highest BCUT2D eigenvalue weighted by atomic mass is 19.1. The summed E-state index contributed by atoms with van der Waals surface area (Å²) >= 11 is 0. The number of methoxy groups -OCH3 is 1. The van der Waals surface area contributed by atoms with E-state index in [1.807, 2.05) is 0 Å². The number of phenolic OH excluding ortho intramolecular Hbond substituents is 1.